The van der Waals surface area contributed by atoms with Gasteiger partial charge in [0.1, 0.15) is 0 Å². The normalized spacial score (nSPS) is 13.7. The van der Waals surface area contributed by atoms with Gasteiger partial charge in [-0.05, 0) is 47.9 Å². The van der Waals surface area contributed by atoms with Gasteiger partial charge in [0.2, 0.25) is 0 Å². The molecular weight excluding hydrogens is 242 g/mol. The van der Waals surface area contributed by atoms with Gasteiger partial charge in [-0.25, -0.2) is 0 Å². The highest BCUT2D eigenvalue weighted by Crippen LogP contribution is 2.28. The molecule has 0 aromatic heterocycles. The van der Waals surface area contributed by atoms with Crippen LogP contribution in [0.1, 0.15) is 42.0 Å². The molecule has 0 aliphatic carbocycles. The number of hydrogen-bond donors (Lipinski definition) is 1. The van der Waals surface area contributed by atoms with Gasteiger partial charge in [-0.3, -0.25) is 0 Å². The fourth-order valence-corrected chi connectivity index (χ4v) is 3.13. The number of para-hydroxylation sites is 1. The van der Waals surface area contributed by atoms with Crippen LogP contribution in [0.3, 0.4) is 0 Å². The molecule has 0 unspecified atom stereocenters. The van der Waals surface area contributed by atoms with Crippen molar-refractivity contribution < 1.29 is 0 Å². The standard InChI is InChI=1S/C19H23N/c1-2-6-15-7-3-8-16(13-15)14-18-10-4-9-17-11-5-12-20-19(17)18/h3-4,7-10,13,20H,2,5-6,11-12,14H2,1H3. The highest BCUT2D eigenvalue weighted by Gasteiger charge is 2.12. The van der Waals surface area contributed by atoms with Crippen molar-refractivity contribution in [2.45, 2.75) is 39.0 Å². The van der Waals surface area contributed by atoms with E-state index < -0.39 is 0 Å². The SMILES string of the molecule is CCCc1cccc(Cc2cccc3c2NCCC3)c1. The molecule has 20 heavy (non-hydrogen) atoms. The summed E-state index contributed by atoms with van der Waals surface area (Å²) < 4.78 is 0. The summed E-state index contributed by atoms with van der Waals surface area (Å²) in [5.41, 5.74) is 7.20. The summed E-state index contributed by atoms with van der Waals surface area (Å²) in [7, 11) is 0. The van der Waals surface area contributed by atoms with Gasteiger partial charge >= 0.3 is 0 Å². The second-order valence-corrected chi connectivity index (χ2v) is 5.73. The third kappa shape index (κ3) is 2.87. The Hall–Kier alpha value is -1.76. The van der Waals surface area contributed by atoms with Crippen LogP contribution in [-0.2, 0) is 19.3 Å². The molecule has 0 bridgehead atoms. The molecule has 1 aliphatic rings. The topological polar surface area (TPSA) is 12.0 Å². The lowest BCUT2D eigenvalue weighted by Crippen LogP contribution is -2.13. The molecule has 0 amide bonds. The van der Waals surface area contributed by atoms with Crippen LogP contribution in [0.4, 0.5) is 5.69 Å². The van der Waals surface area contributed by atoms with Gasteiger partial charge in [0.05, 0.1) is 0 Å². The molecule has 1 aliphatic heterocycles. The minimum absolute atomic E-state index is 1.04. The lowest BCUT2D eigenvalue weighted by atomic mass is 9.95. The highest BCUT2D eigenvalue weighted by molar-refractivity contribution is 5.60. The van der Waals surface area contributed by atoms with Gasteiger partial charge in [0, 0.05) is 12.2 Å². The van der Waals surface area contributed by atoms with Crippen LogP contribution in [0.5, 0.6) is 0 Å². The molecule has 1 nitrogen and oxygen atoms in total. The van der Waals surface area contributed by atoms with Gasteiger partial charge < -0.3 is 5.32 Å². The van der Waals surface area contributed by atoms with Crippen LogP contribution < -0.4 is 5.32 Å². The van der Waals surface area contributed by atoms with E-state index in [1.54, 1.807) is 0 Å². The largest absolute Gasteiger partial charge is 0.385 e. The molecule has 0 fully saturated rings. The first kappa shape index (κ1) is 13.2. The summed E-state index contributed by atoms with van der Waals surface area (Å²) in [5.74, 6) is 0. The average Bonchev–Trinajstić information content (AvgIpc) is 2.48. The monoisotopic (exact) mass is 265 g/mol. The van der Waals surface area contributed by atoms with Crippen LogP contribution in [-0.4, -0.2) is 6.54 Å². The zero-order chi connectivity index (χ0) is 13.8. The molecule has 0 atom stereocenters. The van der Waals surface area contributed by atoms with E-state index in [1.807, 2.05) is 0 Å². The van der Waals surface area contributed by atoms with E-state index in [2.05, 4.69) is 54.7 Å². The molecule has 1 heteroatoms. The Labute approximate surface area is 122 Å². The third-order valence-corrected chi connectivity index (χ3v) is 4.09. The maximum absolute atomic E-state index is 3.59. The maximum Gasteiger partial charge on any atom is 0.0408 e. The van der Waals surface area contributed by atoms with Crippen molar-refractivity contribution >= 4 is 5.69 Å². The lowest BCUT2D eigenvalue weighted by Gasteiger charge is -2.21. The van der Waals surface area contributed by atoms with Crippen molar-refractivity contribution in [1.82, 2.24) is 0 Å². The van der Waals surface area contributed by atoms with Crippen LogP contribution in [0, 0.1) is 0 Å². The van der Waals surface area contributed by atoms with Crippen molar-refractivity contribution in [3.8, 4) is 0 Å². The minimum Gasteiger partial charge on any atom is -0.385 e. The average molecular weight is 265 g/mol. The summed E-state index contributed by atoms with van der Waals surface area (Å²) >= 11 is 0. The number of nitrogens with one attached hydrogen (secondary N) is 1. The summed E-state index contributed by atoms with van der Waals surface area (Å²) in [6.45, 7) is 3.35. The van der Waals surface area contributed by atoms with Gasteiger partial charge in [0.25, 0.3) is 0 Å². The molecule has 2 aromatic carbocycles. The Balaban J connectivity index is 1.86. The first-order valence-electron chi connectivity index (χ1n) is 7.79. The number of rotatable bonds is 4. The van der Waals surface area contributed by atoms with Crippen molar-refractivity contribution in [2.75, 3.05) is 11.9 Å². The van der Waals surface area contributed by atoms with E-state index in [0.29, 0.717) is 0 Å². The molecule has 0 saturated carbocycles. The molecule has 2 aromatic rings. The molecule has 0 saturated heterocycles. The Morgan fingerprint density at radius 2 is 1.90 bits per heavy atom. The molecular formula is C19H23N. The Bertz CT molecular complexity index is 586. The van der Waals surface area contributed by atoms with Gasteiger partial charge in [-0.2, -0.15) is 0 Å². The van der Waals surface area contributed by atoms with Crippen LogP contribution >= 0.6 is 0 Å². The van der Waals surface area contributed by atoms with Gasteiger partial charge in [-0.15, -0.1) is 0 Å². The molecule has 0 spiro atoms. The van der Waals surface area contributed by atoms with Gasteiger partial charge in [-0.1, -0.05) is 55.8 Å². The predicted molar refractivity (Wildman–Crippen MR) is 86.5 cm³/mol. The van der Waals surface area contributed by atoms with Crippen molar-refractivity contribution in [3.05, 3.63) is 64.7 Å². The van der Waals surface area contributed by atoms with E-state index in [0.717, 1.165) is 13.0 Å². The second-order valence-electron chi connectivity index (χ2n) is 5.73. The first-order chi connectivity index (χ1) is 9.86. The summed E-state index contributed by atoms with van der Waals surface area (Å²) in [4.78, 5) is 0. The number of anilines is 1. The first-order valence-corrected chi connectivity index (χ1v) is 7.79. The van der Waals surface area contributed by atoms with Crippen LogP contribution in [0.25, 0.3) is 0 Å². The molecule has 3 rings (SSSR count). The highest BCUT2D eigenvalue weighted by atomic mass is 14.9. The quantitative estimate of drug-likeness (QED) is 0.852. The number of benzene rings is 2. The minimum atomic E-state index is 1.04. The molecule has 1 N–H and O–H groups in total. The van der Waals surface area contributed by atoms with Crippen molar-refractivity contribution in [3.63, 3.8) is 0 Å². The Morgan fingerprint density at radius 3 is 2.80 bits per heavy atom. The maximum atomic E-state index is 3.59. The third-order valence-electron chi connectivity index (χ3n) is 4.09. The number of fused-ring (bicyclic) bond motifs is 1. The zero-order valence-electron chi connectivity index (χ0n) is 12.3. The molecule has 1 heterocycles. The second kappa shape index (κ2) is 6.13. The van der Waals surface area contributed by atoms with E-state index >= 15 is 0 Å². The summed E-state index contributed by atoms with van der Waals surface area (Å²) in [6, 6.07) is 15.8. The molecule has 0 radical (unpaired) electrons. The zero-order valence-corrected chi connectivity index (χ0v) is 12.3. The van der Waals surface area contributed by atoms with Crippen LogP contribution in [0.15, 0.2) is 42.5 Å². The number of hydrogen-bond acceptors (Lipinski definition) is 1. The Kier molecular flexibility index (Phi) is 4.05. The van der Waals surface area contributed by atoms with E-state index in [-0.39, 0.29) is 0 Å². The van der Waals surface area contributed by atoms with Crippen molar-refractivity contribution in [1.29, 1.82) is 0 Å². The lowest BCUT2D eigenvalue weighted by molar-refractivity contribution is 0.825. The Morgan fingerprint density at radius 1 is 1.05 bits per heavy atom. The van der Waals surface area contributed by atoms with E-state index in [4.69, 9.17) is 0 Å². The summed E-state index contributed by atoms with van der Waals surface area (Å²) in [5, 5.41) is 3.59. The smallest absolute Gasteiger partial charge is 0.0408 e. The van der Waals surface area contributed by atoms with Gasteiger partial charge in [0.15, 0.2) is 0 Å². The predicted octanol–water partition coefficient (Wildman–Crippen LogP) is 4.59. The van der Waals surface area contributed by atoms with Crippen LogP contribution in [0.2, 0.25) is 0 Å². The number of aryl methyl sites for hydroxylation is 2. The summed E-state index contributed by atoms with van der Waals surface area (Å²) in [6.07, 6.45) is 5.90. The molecule has 104 valence electrons. The van der Waals surface area contributed by atoms with E-state index in [9.17, 15) is 0 Å². The fourth-order valence-electron chi connectivity index (χ4n) is 3.13. The fraction of sp³-hybridized carbons (Fsp3) is 0.368. The van der Waals surface area contributed by atoms with E-state index in [1.165, 1.54) is 53.6 Å². The van der Waals surface area contributed by atoms with Crippen molar-refractivity contribution in [2.24, 2.45) is 0 Å².